The molecule has 0 spiro atoms. The van der Waals surface area contributed by atoms with Crippen LogP contribution in [0.3, 0.4) is 0 Å². The summed E-state index contributed by atoms with van der Waals surface area (Å²) in [4.78, 5) is 11.4. The van der Waals surface area contributed by atoms with Gasteiger partial charge in [-0.1, -0.05) is 61.6 Å². The molecule has 5 nitrogen and oxygen atoms in total. The Labute approximate surface area is 131 Å². The molecule has 0 atom stereocenters. The first-order valence-corrected chi connectivity index (χ1v) is 7.87. The highest BCUT2D eigenvalue weighted by Gasteiger charge is 2.20. The Hall–Kier alpha value is -2.17. The molecule has 0 fully saturated rings. The van der Waals surface area contributed by atoms with E-state index in [1.54, 1.807) is 4.68 Å². The zero-order chi connectivity index (χ0) is 15.9. The molecule has 0 saturated carbocycles. The minimum absolute atomic E-state index is 0.0270. The van der Waals surface area contributed by atoms with Crippen LogP contribution in [0.2, 0.25) is 0 Å². The molecule has 0 radical (unpaired) electrons. The van der Waals surface area contributed by atoms with Crippen LogP contribution in [0.25, 0.3) is 11.3 Å². The molecule has 0 aliphatic heterocycles. The number of nitrogens with zero attached hydrogens (tertiary/aromatic N) is 3. The van der Waals surface area contributed by atoms with Crippen molar-refractivity contribution in [3.05, 3.63) is 35.5 Å². The lowest BCUT2D eigenvalue weighted by molar-refractivity contribution is 0.0691. The lowest BCUT2D eigenvalue weighted by Crippen LogP contribution is -2.05. The topological polar surface area (TPSA) is 68.0 Å². The number of carboxylic acids is 1. The van der Waals surface area contributed by atoms with Gasteiger partial charge in [0.05, 0.1) is 0 Å². The summed E-state index contributed by atoms with van der Waals surface area (Å²) in [7, 11) is 0. The third kappa shape index (κ3) is 3.93. The van der Waals surface area contributed by atoms with E-state index in [0.717, 1.165) is 24.0 Å². The van der Waals surface area contributed by atoms with Gasteiger partial charge in [0.2, 0.25) is 0 Å². The fourth-order valence-corrected chi connectivity index (χ4v) is 2.56. The van der Waals surface area contributed by atoms with Crippen molar-refractivity contribution in [1.82, 2.24) is 15.0 Å². The molecular formula is C17H23N3O2. The van der Waals surface area contributed by atoms with Crippen molar-refractivity contribution in [2.45, 2.75) is 52.5 Å². The molecule has 5 heteroatoms. The summed E-state index contributed by atoms with van der Waals surface area (Å²) in [6, 6.07) is 7.79. The van der Waals surface area contributed by atoms with Crippen molar-refractivity contribution in [2.24, 2.45) is 0 Å². The number of unbranched alkanes of at least 4 members (excludes halogenated alkanes) is 4. The Balaban J connectivity index is 2.22. The molecule has 1 N–H and O–H groups in total. The predicted molar refractivity (Wildman–Crippen MR) is 85.9 cm³/mol. The largest absolute Gasteiger partial charge is 0.476 e. The number of hydrogen-bond acceptors (Lipinski definition) is 3. The van der Waals surface area contributed by atoms with E-state index >= 15 is 0 Å². The van der Waals surface area contributed by atoms with Crippen LogP contribution in [-0.2, 0) is 6.54 Å². The molecule has 22 heavy (non-hydrogen) atoms. The van der Waals surface area contributed by atoms with Crippen LogP contribution >= 0.6 is 0 Å². The molecule has 0 unspecified atom stereocenters. The van der Waals surface area contributed by atoms with Crippen molar-refractivity contribution >= 4 is 5.97 Å². The van der Waals surface area contributed by atoms with Gasteiger partial charge < -0.3 is 5.11 Å². The second kappa shape index (κ2) is 7.73. The van der Waals surface area contributed by atoms with E-state index in [0.29, 0.717) is 12.2 Å². The van der Waals surface area contributed by atoms with Gasteiger partial charge in [-0.3, -0.25) is 0 Å². The van der Waals surface area contributed by atoms with Crippen LogP contribution in [0.15, 0.2) is 24.3 Å². The maximum absolute atomic E-state index is 11.4. The van der Waals surface area contributed by atoms with Gasteiger partial charge in [0, 0.05) is 12.1 Å². The minimum Gasteiger partial charge on any atom is -0.476 e. The highest BCUT2D eigenvalue weighted by atomic mass is 16.4. The van der Waals surface area contributed by atoms with Gasteiger partial charge in [-0.25, -0.2) is 9.48 Å². The van der Waals surface area contributed by atoms with Gasteiger partial charge in [-0.15, -0.1) is 5.10 Å². The van der Waals surface area contributed by atoms with Crippen molar-refractivity contribution in [2.75, 3.05) is 0 Å². The van der Waals surface area contributed by atoms with Crippen molar-refractivity contribution in [1.29, 1.82) is 0 Å². The molecule has 1 aromatic heterocycles. The Kier molecular flexibility index (Phi) is 5.69. The standard InChI is InChI=1S/C17H23N3O2/c1-3-4-5-6-7-11-20-16(15(17(21)22)18-19-20)14-10-8-9-13(2)12-14/h8-10,12H,3-7,11H2,1-2H3,(H,21,22). The zero-order valence-corrected chi connectivity index (χ0v) is 13.2. The number of rotatable bonds is 8. The van der Waals surface area contributed by atoms with Crippen LogP contribution in [0, 0.1) is 6.92 Å². The molecule has 1 aromatic carbocycles. The van der Waals surface area contributed by atoms with Crippen LogP contribution in [-0.4, -0.2) is 26.1 Å². The lowest BCUT2D eigenvalue weighted by Gasteiger charge is -2.08. The molecule has 0 aliphatic carbocycles. The number of hydrogen-bond donors (Lipinski definition) is 1. The van der Waals surface area contributed by atoms with E-state index in [-0.39, 0.29) is 5.69 Å². The second-order valence-electron chi connectivity index (χ2n) is 5.60. The van der Waals surface area contributed by atoms with E-state index in [1.807, 2.05) is 31.2 Å². The summed E-state index contributed by atoms with van der Waals surface area (Å²) in [5.74, 6) is -1.03. The molecule has 1 heterocycles. The van der Waals surface area contributed by atoms with E-state index in [2.05, 4.69) is 17.2 Å². The van der Waals surface area contributed by atoms with Gasteiger partial charge in [0.15, 0.2) is 5.69 Å². The van der Waals surface area contributed by atoms with Gasteiger partial charge >= 0.3 is 5.97 Å². The summed E-state index contributed by atoms with van der Waals surface area (Å²) in [5, 5.41) is 17.2. The van der Waals surface area contributed by atoms with Gasteiger partial charge in [-0.05, 0) is 19.4 Å². The zero-order valence-electron chi connectivity index (χ0n) is 13.2. The predicted octanol–water partition coefficient (Wildman–Crippen LogP) is 3.92. The normalized spacial score (nSPS) is 10.8. The summed E-state index contributed by atoms with van der Waals surface area (Å²) in [6.07, 6.45) is 5.77. The van der Waals surface area contributed by atoms with E-state index in [1.165, 1.54) is 19.3 Å². The molecule has 0 bridgehead atoms. The Bertz CT molecular complexity index is 635. The smallest absolute Gasteiger partial charge is 0.358 e. The van der Waals surface area contributed by atoms with Crippen molar-refractivity contribution in [3.8, 4) is 11.3 Å². The van der Waals surface area contributed by atoms with Crippen LogP contribution in [0.5, 0.6) is 0 Å². The Morgan fingerprint density at radius 2 is 2.00 bits per heavy atom. The number of aromatic nitrogens is 3. The van der Waals surface area contributed by atoms with Gasteiger partial charge in [0.25, 0.3) is 0 Å². The summed E-state index contributed by atoms with van der Waals surface area (Å²) >= 11 is 0. The molecule has 2 rings (SSSR count). The van der Waals surface area contributed by atoms with E-state index in [9.17, 15) is 9.90 Å². The molecule has 0 saturated heterocycles. The van der Waals surface area contributed by atoms with Gasteiger partial charge in [-0.2, -0.15) is 0 Å². The summed E-state index contributed by atoms with van der Waals surface area (Å²) in [5.41, 5.74) is 2.58. The summed E-state index contributed by atoms with van der Waals surface area (Å²) < 4.78 is 1.73. The number of carboxylic acid groups (broad SMARTS) is 1. The molecule has 118 valence electrons. The lowest BCUT2D eigenvalue weighted by atomic mass is 10.1. The molecule has 2 aromatic rings. The number of aromatic carboxylic acids is 1. The van der Waals surface area contributed by atoms with Gasteiger partial charge in [0.1, 0.15) is 5.69 Å². The first-order chi connectivity index (χ1) is 10.6. The maximum Gasteiger partial charge on any atom is 0.358 e. The monoisotopic (exact) mass is 301 g/mol. The van der Waals surface area contributed by atoms with E-state index in [4.69, 9.17) is 0 Å². The van der Waals surface area contributed by atoms with E-state index < -0.39 is 5.97 Å². The number of aryl methyl sites for hydroxylation is 2. The fraction of sp³-hybridized carbons (Fsp3) is 0.471. The second-order valence-corrected chi connectivity index (χ2v) is 5.60. The quantitative estimate of drug-likeness (QED) is 0.750. The highest BCUT2D eigenvalue weighted by Crippen LogP contribution is 2.24. The average molecular weight is 301 g/mol. The maximum atomic E-state index is 11.4. The fourth-order valence-electron chi connectivity index (χ4n) is 2.56. The number of carbonyl (C=O) groups is 1. The third-order valence-corrected chi connectivity index (χ3v) is 3.70. The van der Waals surface area contributed by atoms with Crippen molar-refractivity contribution in [3.63, 3.8) is 0 Å². The highest BCUT2D eigenvalue weighted by molar-refractivity contribution is 5.92. The van der Waals surface area contributed by atoms with Crippen LogP contribution < -0.4 is 0 Å². The Morgan fingerprint density at radius 1 is 1.23 bits per heavy atom. The third-order valence-electron chi connectivity index (χ3n) is 3.70. The minimum atomic E-state index is -1.03. The Morgan fingerprint density at radius 3 is 2.68 bits per heavy atom. The SMILES string of the molecule is CCCCCCCn1nnc(C(=O)O)c1-c1cccc(C)c1. The molecular weight excluding hydrogens is 278 g/mol. The number of benzene rings is 1. The first-order valence-electron chi connectivity index (χ1n) is 7.87. The average Bonchev–Trinajstić information content (AvgIpc) is 2.91. The van der Waals surface area contributed by atoms with Crippen molar-refractivity contribution < 1.29 is 9.90 Å². The molecule has 0 amide bonds. The van der Waals surface area contributed by atoms with Crippen LogP contribution in [0.1, 0.15) is 55.1 Å². The first kappa shape index (κ1) is 16.2. The molecule has 0 aliphatic rings. The van der Waals surface area contributed by atoms with Crippen LogP contribution in [0.4, 0.5) is 0 Å². The summed E-state index contributed by atoms with van der Waals surface area (Å²) in [6.45, 7) is 4.88.